The maximum atomic E-state index is 12.6. The van der Waals surface area contributed by atoms with E-state index < -0.39 is 17.6 Å². The number of ether oxygens (including phenoxy) is 1. The highest BCUT2D eigenvalue weighted by atomic mass is 19.4. The SMILES string of the molecule is CCCCCCCCC(C)(C)C1=NC(C(F)(F)F)CO1. The van der Waals surface area contributed by atoms with Crippen LogP contribution in [0, 0.1) is 5.41 Å². The van der Waals surface area contributed by atoms with Crippen LogP contribution in [0.25, 0.3) is 0 Å². The first-order valence-electron chi connectivity index (χ1n) is 7.55. The van der Waals surface area contributed by atoms with Gasteiger partial charge in [-0.2, -0.15) is 13.2 Å². The molecule has 20 heavy (non-hydrogen) atoms. The monoisotopic (exact) mass is 293 g/mol. The van der Waals surface area contributed by atoms with E-state index in [2.05, 4.69) is 11.9 Å². The first-order chi connectivity index (χ1) is 9.27. The van der Waals surface area contributed by atoms with Crippen LogP contribution in [-0.2, 0) is 4.74 Å². The molecule has 1 rings (SSSR count). The van der Waals surface area contributed by atoms with Gasteiger partial charge in [0, 0.05) is 5.41 Å². The summed E-state index contributed by atoms with van der Waals surface area (Å²) in [5.41, 5.74) is -0.398. The number of hydrogen-bond donors (Lipinski definition) is 0. The van der Waals surface area contributed by atoms with Crippen molar-refractivity contribution in [3.8, 4) is 0 Å². The average Bonchev–Trinajstić information content (AvgIpc) is 2.83. The van der Waals surface area contributed by atoms with Crippen LogP contribution in [0.4, 0.5) is 13.2 Å². The molecule has 0 saturated heterocycles. The van der Waals surface area contributed by atoms with E-state index in [1.54, 1.807) is 0 Å². The molecule has 0 amide bonds. The number of nitrogens with zero attached hydrogens (tertiary/aromatic N) is 1. The van der Waals surface area contributed by atoms with Crippen LogP contribution in [0.15, 0.2) is 4.99 Å². The van der Waals surface area contributed by atoms with Crippen molar-refractivity contribution in [2.75, 3.05) is 6.61 Å². The Morgan fingerprint density at radius 1 is 1.10 bits per heavy atom. The summed E-state index contributed by atoms with van der Waals surface area (Å²) in [4.78, 5) is 3.73. The molecule has 0 bridgehead atoms. The predicted octanol–water partition coefficient (Wildman–Crippen LogP) is 5.12. The highest BCUT2D eigenvalue weighted by Crippen LogP contribution is 2.33. The summed E-state index contributed by atoms with van der Waals surface area (Å²) in [5.74, 6) is 0.272. The Hall–Kier alpha value is -0.740. The van der Waals surface area contributed by atoms with Crippen molar-refractivity contribution < 1.29 is 17.9 Å². The molecule has 0 N–H and O–H groups in total. The molecule has 1 aliphatic heterocycles. The highest BCUT2D eigenvalue weighted by Gasteiger charge is 2.45. The third-order valence-corrected chi connectivity index (χ3v) is 3.76. The number of halogens is 3. The van der Waals surface area contributed by atoms with Crippen LogP contribution in [-0.4, -0.2) is 24.7 Å². The van der Waals surface area contributed by atoms with E-state index in [-0.39, 0.29) is 12.5 Å². The van der Waals surface area contributed by atoms with E-state index in [1.165, 1.54) is 25.7 Å². The van der Waals surface area contributed by atoms with Gasteiger partial charge in [-0.15, -0.1) is 0 Å². The number of aliphatic imine (C=N–C) groups is 1. The van der Waals surface area contributed by atoms with E-state index >= 15 is 0 Å². The van der Waals surface area contributed by atoms with Crippen molar-refractivity contribution in [3.05, 3.63) is 0 Å². The van der Waals surface area contributed by atoms with E-state index in [4.69, 9.17) is 4.74 Å². The third-order valence-electron chi connectivity index (χ3n) is 3.76. The fourth-order valence-electron chi connectivity index (χ4n) is 2.37. The maximum Gasteiger partial charge on any atom is 0.414 e. The minimum Gasteiger partial charge on any atom is -0.478 e. The van der Waals surface area contributed by atoms with E-state index in [0.717, 1.165) is 19.3 Å². The van der Waals surface area contributed by atoms with Gasteiger partial charge in [-0.3, -0.25) is 0 Å². The zero-order valence-electron chi connectivity index (χ0n) is 12.7. The molecular weight excluding hydrogens is 267 g/mol. The third kappa shape index (κ3) is 5.33. The number of unbranched alkanes of at least 4 members (excludes halogenated alkanes) is 5. The zero-order valence-corrected chi connectivity index (χ0v) is 12.7. The Morgan fingerprint density at radius 2 is 1.70 bits per heavy atom. The second-order valence-electron chi connectivity index (χ2n) is 6.20. The summed E-state index contributed by atoms with van der Waals surface area (Å²) in [7, 11) is 0. The van der Waals surface area contributed by atoms with Gasteiger partial charge < -0.3 is 4.74 Å². The molecule has 1 atom stereocenters. The van der Waals surface area contributed by atoms with E-state index in [0.29, 0.717) is 0 Å². The largest absolute Gasteiger partial charge is 0.478 e. The lowest BCUT2D eigenvalue weighted by atomic mass is 9.86. The Labute approximate surface area is 119 Å². The molecule has 0 aromatic rings. The summed E-state index contributed by atoms with van der Waals surface area (Å²) < 4.78 is 42.9. The van der Waals surface area contributed by atoms with Crippen molar-refractivity contribution >= 4 is 5.90 Å². The molecule has 2 nitrogen and oxygen atoms in total. The Morgan fingerprint density at radius 3 is 2.25 bits per heavy atom. The highest BCUT2D eigenvalue weighted by molar-refractivity contribution is 5.83. The minimum atomic E-state index is -4.29. The lowest BCUT2D eigenvalue weighted by molar-refractivity contribution is -0.149. The molecule has 0 fully saturated rings. The minimum absolute atomic E-state index is 0.272. The second-order valence-corrected chi connectivity index (χ2v) is 6.20. The molecule has 0 saturated carbocycles. The Bertz CT molecular complexity index is 324. The zero-order chi connectivity index (χ0) is 15.2. The van der Waals surface area contributed by atoms with E-state index in [9.17, 15) is 13.2 Å². The molecule has 0 aromatic heterocycles. The quantitative estimate of drug-likeness (QED) is 0.569. The van der Waals surface area contributed by atoms with Crippen molar-refractivity contribution in [2.24, 2.45) is 10.4 Å². The normalized spacial score (nSPS) is 19.9. The van der Waals surface area contributed by atoms with Crippen LogP contribution in [0.5, 0.6) is 0 Å². The van der Waals surface area contributed by atoms with Gasteiger partial charge in [0.2, 0.25) is 0 Å². The van der Waals surface area contributed by atoms with Crippen molar-refractivity contribution in [1.29, 1.82) is 0 Å². The number of rotatable bonds is 8. The van der Waals surface area contributed by atoms with Crippen LogP contribution in [0.3, 0.4) is 0 Å². The Kier molecular flexibility index (Phi) is 6.34. The number of hydrogen-bond acceptors (Lipinski definition) is 2. The summed E-state index contributed by atoms with van der Waals surface area (Å²) >= 11 is 0. The summed E-state index contributed by atoms with van der Waals surface area (Å²) in [6.45, 7) is 5.64. The molecular formula is C15H26F3NO. The lowest BCUT2D eigenvalue weighted by Crippen LogP contribution is -2.27. The molecule has 0 aromatic carbocycles. The molecule has 1 unspecified atom stereocenters. The van der Waals surface area contributed by atoms with Crippen LogP contribution >= 0.6 is 0 Å². The van der Waals surface area contributed by atoms with Crippen LogP contribution in [0.2, 0.25) is 0 Å². The lowest BCUT2D eigenvalue weighted by Gasteiger charge is -2.23. The van der Waals surface area contributed by atoms with Gasteiger partial charge in [-0.1, -0.05) is 59.3 Å². The van der Waals surface area contributed by atoms with Crippen LogP contribution < -0.4 is 0 Å². The van der Waals surface area contributed by atoms with Crippen LogP contribution in [0.1, 0.15) is 65.7 Å². The first kappa shape index (κ1) is 17.3. The molecule has 0 radical (unpaired) electrons. The first-order valence-corrected chi connectivity index (χ1v) is 7.55. The topological polar surface area (TPSA) is 21.6 Å². The molecule has 1 heterocycles. The molecule has 1 aliphatic rings. The Balaban J connectivity index is 2.37. The second kappa shape index (κ2) is 7.32. The summed E-state index contributed by atoms with van der Waals surface area (Å²) in [6.07, 6.45) is 3.57. The smallest absolute Gasteiger partial charge is 0.414 e. The van der Waals surface area contributed by atoms with Crippen molar-refractivity contribution in [2.45, 2.75) is 77.9 Å². The van der Waals surface area contributed by atoms with Gasteiger partial charge in [-0.05, 0) is 6.42 Å². The summed E-state index contributed by atoms with van der Waals surface area (Å²) in [6, 6.07) is -1.68. The van der Waals surface area contributed by atoms with Gasteiger partial charge in [0.05, 0.1) is 0 Å². The van der Waals surface area contributed by atoms with E-state index in [1.807, 2.05) is 13.8 Å². The molecule has 118 valence electrons. The van der Waals surface area contributed by atoms with Crippen molar-refractivity contribution in [3.63, 3.8) is 0 Å². The standard InChI is InChI=1S/C15H26F3NO/c1-4-5-6-7-8-9-10-14(2,3)13-19-12(11-20-13)15(16,17)18/h12H,4-11H2,1-3H3. The van der Waals surface area contributed by atoms with Gasteiger partial charge in [0.15, 0.2) is 11.9 Å². The van der Waals surface area contributed by atoms with Gasteiger partial charge >= 0.3 is 6.18 Å². The molecule has 5 heteroatoms. The fourth-order valence-corrected chi connectivity index (χ4v) is 2.37. The van der Waals surface area contributed by atoms with Crippen molar-refractivity contribution in [1.82, 2.24) is 0 Å². The maximum absolute atomic E-state index is 12.6. The fraction of sp³-hybridized carbons (Fsp3) is 0.933. The molecule has 0 spiro atoms. The van der Waals surface area contributed by atoms with Gasteiger partial charge in [0.1, 0.15) is 6.61 Å². The number of alkyl halides is 3. The van der Waals surface area contributed by atoms with Gasteiger partial charge in [0.25, 0.3) is 0 Å². The average molecular weight is 293 g/mol. The molecule has 0 aliphatic carbocycles. The summed E-state index contributed by atoms with van der Waals surface area (Å²) in [5, 5.41) is 0. The predicted molar refractivity (Wildman–Crippen MR) is 75.0 cm³/mol. The van der Waals surface area contributed by atoms with Gasteiger partial charge in [-0.25, -0.2) is 4.99 Å².